The molecule has 0 bridgehead atoms. The highest BCUT2D eigenvalue weighted by Crippen LogP contribution is 2.19. The van der Waals surface area contributed by atoms with Crippen molar-refractivity contribution < 1.29 is 63.3 Å². The Morgan fingerprint density at radius 1 is 0.719 bits per heavy atom. The van der Waals surface area contributed by atoms with Gasteiger partial charge in [0.2, 0.25) is 53.2 Å². The molecule has 0 spiro atoms. The van der Waals surface area contributed by atoms with Crippen molar-refractivity contribution in [3.63, 3.8) is 0 Å². The van der Waals surface area contributed by atoms with Gasteiger partial charge in [0.15, 0.2) is 5.96 Å². The van der Waals surface area contributed by atoms with Crippen LogP contribution in [0.25, 0.3) is 0 Å². The third-order valence-corrected chi connectivity index (χ3v) is 10.8. The fourth-order valence-corrected chi connectivity index (χ4v) is 6.79. The molecule has 1 fully saturated rings. The van der Waals surface area contributed by atoms with Crippen LogP contribution in [-0.4, -0.2) is 190 Å². The van der Waals surface area contributed by atoms with Crippen LogP contribution >= 0.6 is 37.0 Å². The van der Waals surface area contributed by atoms with E-state index in [2.05, 4.69) is 67.5 Å². The van der Waals surface area contributed by atoms with Crippen molar-refractivity contribution in [3.05, 3.63) is 0 Å². The first kappa shape index (κ1) is 56.9. The zero-order valence-electron chi connectivity index (χ0n) is 35.3. The Labute approximate surface area is 383 Å². The first-order valence-corrected chi connectivity index (χ1v) is 22.5. The van der Waals surface area contributed by atoms with E-state index in [1.807, 2.05) is 0 Å². The first-order valence-electron chi connectivity index (χ1n) is 19.8. The summed E-state index contributed by atoms with van der Waals surface area (Å²) in [5, 5.41) is 45.2. The minimum absolute atomic E-state index is 0.00331. The number of aliphatic hydroxyl groups excluding tert-OH is 2. The van der Waals surface area contributed by atoms with Crippen LogP contribution < -0.4 is 60.2 Å². The number of primary amides is 1. The van der Waals surface area contributed by atoms with Crippen molar-refractivity contribution in [2.75, 3.05) is 49.8 Å². The summed E-state index contributed by atoms with van der Waals surface area (Å²) in [5.74, 6) is -10.0. The molecular weight excluding hydrogens is 907 g/mol. The number of thiol groups is 2. The van der Waals surface area contributed by atoms with Gasteiger partial charge in [0, 0.05) is 24.6 Å². The van der Waals surface area contributed by atoms with Gasteiger partial charge < -0.3 is 80.4 Å². The molecule has 0 aromatic rings. The number of carbonyl (C=O) groups excluding carboxylic acids is 9. The van der Waals surface area contributed by atoms with Gasteiger partial charge in [-0.05, 0) is 51.0 Å². The Hall–Kier alpha value is -5.10. The van der Waals surface area contributed by atoms with E-state index in [4.69, 9.17) is 22.9 Å². The Balaban J connectivity index is 3.20. The molecule has 1 aliphatic rings. The summed E-state index contributed by atoms with van der Waals surface area (Å²) in [5.41, 5.74) is 21.7. The molecule has 0 aliphatic carbocycles. The third-order valence-electron chi connectivity index (χ3n) is 9.39. The van der Waals surface area contributed by atoms with Gasteiger partial charge >= 0.3 is 5.97 Å². The van der Waals surface area contributed by atoms with E-state index in [-0.39, 0.29) is 56.2 Å². The Morgan fingerprint density at radius 2 is 1.22 bits per heavy atom. The smallest absolute Gasteiger partial charge is 0.327 e. The molecule has 18 N–H and O–H groups in total. The van der Waals surface area contributed by atoms with E-state index < -0.39 is 133 Å². The van der Waals surface area contributed by atoms with E-state index in [1.165, 1.54) is 23.6 Å². The van der Waals surface area contributed by atoms with Gasteiger partial charge in [-0.1, -0.05) is 0 Å². The quantitative estimate of drug-likeness (QED) is 0.0143. The van der Waals surface area contributed by atoms with E-state index in [1.54, 1.807) is 6.26 Å². The maximum Gasteiger partial charge on any atom is 0.327 e. The molecular formula is C35H61N13O13S3. The van der Waals surface area contributed by atoms with E-state index >= 15 is 0 Å². The number of carboxylic acid groups (broad SMARTS) is 1. The van der Waals surface area contributed by atoms with Crippen molar-refractivity contribution >= 4 is 102 Å². The zero-order chi connectivity index (χ0) is 48.7. The van der Waals surface area contributed by atoms with Crippen LogP contribution in [0.3, 0.4) is 0 Å². The third kappa shape index (κ3) is 19.3. The SMILES string of the molecule is CSCC[C@H](NC(=O)[C@H](CC(N)=O)NC(=O)[C@H](CO)NC(=O)[C@@H](N)CS)C(=O)N[C@@H](C)C(=O)N1CCC[C@H]1C(=O)N[C@@H](CCCN=C(N)N)C(=O)N[C@@H](CO)C(=O)N[C@@H](CS)C(=O)O. The summed E-state index contributed by atoms with van der Waals surface area (Å²) in [6.07, 6.45) is 1.52. The fourth-order valence-electron chi connectivity index (χ4n) is 5.91. The monoisotopic (exact) mass is 967 g/mol. The van der Waals surface area contributed by atoms with Crippen molar-refractivity contribution in [2.24, 2.45) is 27.9 Å². The van der Waals surface area contributed by atoms with Gasteiger partial charge in [-0.3, -0.25) is 48.1 Å². The maximum absolute atomic E-state index is 13.8. The number of aliphatic imine (C=N–C) groups is 1. The van der Waals surface area contributed by atoms with Crippen molar-refractivity contribution in [2.45, 2.75) is 99.8 Å². The molecule has 9 atom stereocenters. The van der Waals surface area contributed by atoms with Crippen LogP contribution in [0.1, 0.15) is 45.4 Å². The second-order valence-corrected chi connectivity index (χ2v) is 16.1. The predicted molar refractivity (Wildman–Crippen MR) is 238 cm³/mol. The first-order chi connectivity index (χ1) is 30.1. The molecule has 0 aromatic carbocycles. The molecule has 1 heterocycles. The molecule has 1 rings (SSSR count). The minimum Gasteiger partial charge on any atom is -0.480 e. The number of nitrogens with zero attached hydrogens (tertiary/aromatic N) is 2. The zero-order valence-corrected chi connectivity index (χ0v) is 37.9. The summed E-state index contributed by atoms with van der Waals surface area (Å²) in [6, 6.07) is -12.6. The fraction of sp³-hybridized carbons (Fsp3) is 0.686. The van der Waals surface area contributed by atoms with Crippen LogP contribution in [0.15, 0.2) is 4.99 Å². The Bertz CT molecular complexity index is 1690. The number of carbonyl (C=O) groups is 10. The van der Waals surface area contributed by atoms with Crippen LogP contribution in [0.2, 0.25) is 0 Å². The van der Waals surface area contributed by atoms with E-state index in [0.29, 0.717) is 12.2 Å². The number of carboxylic acids is 1. The summed E-state index contributed by atoms with van der Waals surface area (Å²) >= 11 is 9.09. The van der Waals surface area contributed by atoms with Crippen LogP contribution in [0.5, 0.6) is 0 Å². The normalized spacial score (nSPS) is 17.0. The number of thioether (sulfide) groups is 1. The van der Waals surface area contributed by atoms with Crippen LogP contribution in [-0.2, 0) is 47.9 Å². The summed E-state index contributed by atoms with van der Waals surface area (Å²) in [6.45, 7) is -0.413. The standard InChI is InChI=1S/C35H61N13O13S3/c1-16(41-27(53)19(7-10-64-2)42-29(55)20(11-25(37)51)44-30(56)21(12-49)45-26(52)17(36)14-62)33(59)48-9-4-6-24(48)32(58)43-18(5-3-8-40-35(38)39)28(54)46-22(13-50)31(57)47-23(15-63)34(60)61/h16-24,49-50,62-63H,3-15,36H2,1-2H3,(H2,37,51)(H,41,53)(H,42,55)(H,43,58)(H,44,56)(H,45,52)(H,46,54)(H,47,57)(H,60,61)(H4,38,39,40)/t16-,17-,18-,19-,20-,21-,22-,23-,24-/m0/s1. The van der Waals surface area contributed by atoms with Crippen molar-refractivity contribution in [3.8, 4) is 0 Å². The second-order valence-electron chi connectivity index (χ2n) is 14.4. The predicted octanol–water partition coefficient (Wildman–Crippen LogP) is -7.67. The summed E-state index contributed by atoms with van der Waals surface area (Å²) in [7, 11) is 0. The number of hydrogen-bond donors (Lipinski definition) is 16. The van der Waals surface area contributed by atoms with E-state index in [9.17, 15) is 63.3 Å². The number of aliphatic carboxylic acids is 1. The topological polar surface area (TPSA) is 435 Å². The lowest BCUT2D eigenvalue weighted by Crippen LogP contribution is -2.60. The van der Waals surface area contributed by atoms with Crippen LogP contribution in [0, 0.1) is 0 Å². The number of rotatable bonds is 29. The average molecular weight is 968 g/mol. The van der Waals surface area contributed by atoms with Gasteiger partial charge in [0.1, 0.15) is 48.3 Å². The molecule has 1 aliphatic heterocycles. The highest BCUT2D eigenvalue weighted by Gasteiger charge is 2.39. The van der Waals surface area contributed by atoms with E-state index in [0.717, 1.165) is 0 Å². The molecule has 26 nitrogen and oxygen atoms in total. The summed E-state index contributed by atoms with van der Waals surface area (Å²) < 4.78 is 0. The van der Waals surface area contributed by atoms with Gasteiger partial charge in [-0.25, -0.2) is 4.79 Å². The minimum atomic E-state index is -1.67. The number of aliphatic hydroxyl groups is 2. The summed E-state index contributed by atoms with van der Waals surface area (Å²) in [4.78, 5) is 134. The lowest BCUT2D eigenvalue weighted by Gasteiger charge is -2.30. The molecule has 362 valence electrons. The number of hydrogen-bond acceptors (Lipinski definition) is 17. The molecule has 9 amide bonds. The molecule has 64 heavy (non-hydrogen) atoms. The molecule has 0 saturated carbocycles. The average Bonchev–Trinajstić information content (AvgIpc) is 3.74. The number of nitrogens with two attached hydrogens (primary N) is 4. The molecule has 29 heteroatoms. The Kier molecular flexibility index (Phi) is 26.1. The molecule has 0 radical (unpaired) electrons. The molecule has 1 saturated heterocycles. The Morgan fingerprint density at radius 3 is 1.73 bits per heavy atom. The van der Waals surface area contributed by atoms with Crippen molar-refractivity contribution in [1.29, 1.82) is 0 Å². The lowest BCUT2D eigenvalue weighted by molar-refractivity contribution is -0.142. The number of likely N-dealkylation sites (tertiary alicyclic amines) is 1. The highest BCUT2D eigenvalue weighted by molar-refractivity contribution is 7.98. The highest BCUT2D eigenvalue weighted by atomic mass is 32.2. The van der Waals surface area contributed by atoms with Crippen molar-refractivity contribution in [1.82, 2.24) is 42.1 Å². The number of amides is 9. The largest absolute Gasteiger partial charge is 0.480 e. The van der Waals surface area contributed by atoms with Gasteiger partial charge in [-0.15, -0.1) is 0 Å². The van der Waals surface area contributed by atoms with Crippen LogP contribution in [0.4, 0.5) is 0 Å². The second kappa shape index (κ2) is 29.4. The van der Waals surface area contributed by atoms with Gasteiger partial charge in [0.05, 0.1) is 25.7 Å². The maximum atomic E-state index is 13.8. The lowest BCUT2D eigenvalue weighted by atomic mass is 10.1. The molecule has 0 aromatic heterocycles. The number of guanidine groups is 1. The number of nitrogens with one attached hydrogen (secondary N) is 7. The van der Waals surface area contributed by atoms with Gasteiger partial charge in [0.25, 0.3) is 0 Å². The van der Waals surface area contributed by atoms with Gasteiger partial charge in [-0.2, -0.15) is 37.0 Å². The molecule has 0 unspecified atom stereocenters.